The van der Waals surface area contributed by atoms with Crippen LogP contribution in [0.3, 0.4) is 0 Å². The molecule has 0 heterocycles. The summed E-state index contributed by atoms with van der Waals surface area (Å²) in [4.78, 5) is 23.2. The van der Waals surface area contributed by atoms with Crippen LogP contribution in [0.4, 0.5) is 5.69 Å². The molecule has 0 spiro atoms. The highest BCUT2D eigenvalue weighted by Crippen LogP contribution is 2.21. The Morgan fingerprint density at radius 3 is 2.35 bits per heavy atom. The highest BCUT2D eigenvalue weighted by atomic mass is 79.9. The highest BCUT2D eigenvalue weighted by Gasteiger charge is 2.15. The van der Waals surface area contributed by atoms with Crippen molar-refractivity contribution in [1.29, 1.82) is 0 Å². The number of anilines is 1. The van der Waals surface area contributed by atoms with Gasteiger partial charge in [-0.05, 0) is 36.8 Å². The van der Waals surface area contributed by atoms with Gasteiger partial charge in [-0.3, -0.25) is 4.79 Å². The molecule has 102 valence electrons. The van der Waals surface area contributed by atoms with Crippen LogP contribution in [0.25, 0.3) is 0 Å². The normalized spacial score (nSPS) is 10.1. The van der Waals surface area contributed by atoms with E-state index in [1.54, 1.807) is 24.3 Å². The zero-order valence-corrected chi connectivity index (χ0v) is 12.3. The molecule has 0 aliphatic heterocycles. The molecule has 0 saturated carbocycles. The number of aromatic carboxylic acids is 1. The van der Waals surface area contributed by atoms with Gasteiger partial charge in [0.2, 0.25) is 0 Å². The topological polar surface area (TPSA) is 66.4 Å². The number of carboxylic acid groups (broad SMARTS) is 1. The molecule has 0 aliphatic rings. The van der Waals surface area contributed by atoms with E-state index in [1.807, 2.05) is 13.0 Å². The van der Waals surface area contributed by atoms with Crippen molar-refractivity contribution >= 4 is 33.5 Å². The van der Waals surface area contributed by atoms with E-state index in [4.69, 9.17) is 5.11 Å². The lowest BCUT2D eigenvalue weighted by atomic mass is 10.1. The van der Waals surface area contributed by atoms with Gasteiger partial charge in [-0.1, -0.05) is 34.1 Å². The molecule has 4 nitrogen and oxygen atoms in total. The minimum atomic E-state index is -1.12. The van der Waals surface area contributed by atoms with Crippen molar-refractivity contribution in [3.63, 3.8) is 0 Å². The van der Waals surface area contributed by atoms with E-state index in [-0.39, 0.29) is 11.1 Å². The first-order chi connectivity index (χ1) is 9.49. The molecule has 1 amide bonds. The van der Waals surface area contributed by atoms with Gasteiger partial charge in [0.1, 0.15) is 0 Å². The van der Waals surface area contributed by atoms with E-state index >= 15 is 0 Å². The van der Waals surface area contributed by atoms with Gasteiger partial charge < -0.3 is 10.4 Å². The number of halogens is 1. The highest BCUT2D eigenvalue weighted by molar-refractivity contribution is 9.10. The molecule has 2 N–H and O–H groups in total. The van der Waals surface area contributed by atoms with Crippen molar-refractivity contribution < 1.29 is 14.7 Å². The van der Waals surface area contributed by atoms with Crippen molar-refractivity contribution in [3.05, 3.63) is 63.6 Å². The van der Waals surface area contributed by atoms with Gasteiger partial charge in [0.05, 0.1) is 11.1 Å². The maximum atomic E-state index is 12.1. The number of carboxylic acids is 1. The number of nitrogens with one attached hydrogen (secondary N) is 1. The minimum Gasteiger partial charge on any atom is -0.478 e. The van der Waals surface area contributed by atoms with Gasteiger partial charge in [-0.2, -0.15) is 0 Å². The molecule has 2 aromatic carbocycles. The number of amides is 1. The molecule has 0 aromatic heterocycles. The van der Waals surface area contributed by atoms with Crippen LogP contribution in [-0.2, 0) is 0 Å². The van der Waals surface area contributed by atoms with Crippen molar-refractivity contribution in [1.82, 2.24) is 0 Å². The Labute approximate surface area is 124 Å². The number of benzene rings is 2. The lowest BCUT2D eigenvalue weighted by molar-refractivity contribution is 0.0692. The second-order valence-electron chi connectivity index (χ2n) is 4.27. The zero-order valence-electron chi connectivity index (χ0n) is 10.7. The summed E-state index contributed by atoms with van der Waals surface area (Å²) in [6, 6.07) is 11.5. The first-order valence-electron chi connectivity index (χ1n) is 5.89. The second-order valence-corrected chi connectivity index (χ2v) is 5.12. The van der Waals surface area contributed by atoms with Crippen LogP contribution in [0.15, 0.2) is 46.9 Å². The van der Waals surface area contributed by atoms with Crippen LogP contribution < -0.4 is 5.32 Å². The summed E-state index contributed by atoms with van der Waals surface area (Å²) in [6.07, 6.45) is 0. The molecule has 0 saturated heterocycles. The quantitative estimate of drug-likeness (QED) is 0.899. The van der Waals surface area contributed by atoms with Gasteiger partial charge in [0.15, 0.2) is 0 Å². The Balaban J connectivity index is 2.28. The summed E-state index contributed by atoms with van der Waals surface area (Å²) in [5.74, 6) is -1.57. The SMILES string of the molecule is Cc1ccc(NC(=O)c2ccccc2C(=O)O)cc1Br. The standard InChI is InChI=1S/C15H12BrNO3/c1-9-6-7-10(8-13(9)16)17-14(18)11-4-2-3-5-12(11)15(19)20/h2-8H,1H3,(H,17,18)(H,19,20). The third-order valence-electron chi connectivity index (χ3n) is 2.83. The average Bonchev–Trinajstić information content (AvgIpc) is 2.43. The Morgan fingerprint density at radius 2 is 1.75 bits per heavy atom. The Bertz CT molecular complexity index is 683. The molecule has 0 unspecified atom stereocenters. The third kappa shape index (κ3) is 3.05. The first kappa shape index (κ1) is 14.3. The van der Waals surface area contributed by atoms with Crippen molar-refractivity contribution in [2.75, 3.05) is 5.32 Å². The molecule has 2 aromatic rings. The number of carbonyl (C=O) groups excluding carboxylic acids is 1. The van der Waals surface area contributed by atoms with Gasteiger partial charge in [0.25, 0.3) is 5.91 Å². The first-order valence-corrected chi connectivity index (χ1v) is 6.68. The molecule has 0 atom stereocenters. The lowest BCUT2D eigenvalue weighted by Gasteiger charge is -2.09. The van der Waals surface area contributed by atoms with Gasteiger partial charge >= 0.3 is 5.97 Å². The van der Waals surface area contributed by atoms with E-state index in [1.165, 1.54) is 12.1 Å². The number of hydrogen-bond donors (Lipinski definition) is 2. The van der Waals surface area contributed by atoms with E-state index in [0.29, 0.717) is 5.69 Å². The smallest absolute Gasteiger partial charge is 0.336 e. The number of carbonyl (C=O) groups is 2. The number of rotatable bonds is 3. The molecule has 2 rings (SSSR count). The van der Waals surface area contributed by atoms with E-state index < -0.39 is 11.9 Å². The van der Waals surface area contributed by atoms with Crippen molar-refractivity contribution in [2.45, 2.75) is 6.92 Å². The fourth-order valence-electron chi connectivity index (χ4n) is 1.74. The Kier molecular flexibility index (Phi) is 4.20. The van der Waals surface area contributed by atoms with E-state index in [2.05, 4.69) is 21.2 Å². The summed E-state index contributed by atoms with van der Waals surface area (Å²) >= 11 is 3.38. The van der Waals surface area contributed by atoms with Gasteiger partial charge in [0, 0.05) is 10.2 Å². The molecule has 5 heteroatoms. The van der Waals surface area contributed by atoms with Crippen molar-refractivity contribution in [3.8, 4) is 0 Å². The maximum Gasteiger partial charge on any atom is 0.336 e. The van der Waals surface area contributed by atoms with Gasteiger partial charge in [-0.25, -0.2) is 4.79 Å². The van der Waals surface area contributed by atoms with Crippen LogP contribution >= 0.6 is 15.9 Å². The summed E-state index contributed by atoms with van der Waals surface area (Å²) in [6.45, 7) is 1.94. The van der Waals surface area contributed by atoms with Crippen LogP contribution in [0.1, 0.15) is 26.3 Å². The molecule has 0 fully saturated rings. The molecule has 20 heavy (non-hydrogen) atoms. The summed E-state index contributed by atoms with van der Waals surface area (Å²) in [7, 11) is 0. The van der Waals surface area contributed by atoms with Crippen molar-refractivity contribution in [2.24, 2.45) is 0 Å². The maximum absolute atomic E-state index is 12.1. The molecular weight excluding hydrogens is 322 g/mol. The number of hydrogen-bond acceptors (Lipinski definition) is 2. The summed E-state index contributed by atoms with van der Waals surface area (Å²) in [5.41, 5.74) is 1.77. The Hall–Kier alpha value is -2.14. The van der Waals surface area contributed by atoms with Gasteiger partial charge in [-0.15, -0.1) is 0 Å². The fraction of sp³-hybridized carbons (Fsp3) is 0.0667. The predicted octanol–water partition coefficient (Wildman–Crippen LogP) is 3.71. The average molecular weight is 334 g/mol. The third-order valence-corrected chi connectivity index (χ3v) is 3.69. The van der Waals surface area contributed by atoms with Crippen LogP contribution in [-0.4, -0.2) is 17.0 Å². The molecule has 0 aliphatic carbocycles. The predicted molar refractivity (Wildman–Crippen MR) is 80.2 cm³/mol. The monoisotopic (exact) mass is 333 g/mol. The Morgan fingerprint density at radius 1 is 1.10 bits per heavy atom. The second kappa shape index (κ2) is 5.88. The molecule has 0 radical (unpaired) electrons. The fourth-order valence-corrected chi connectivity index (χ4v) is 2.12. The van der Waals surface area contributed by atoms with E-state index in [0.717, 1.165) is 10.0 Å². The van der Waals surface area contributed by atoms with Crippen LogP contribution in [0.5, 0.6) is 0 Å². The van der Waals surface area contributed by atoms with Crippen LogP contribution in [0, 0.1) is 6.92 Å². The minimum absolute atomic E-state index is 0.0174. The lowest BCUT2D eigenvalue weighted by Crippen LogP contribution is -2.16. The number of aryl methyl sites for hydroxylation is 1. The van der Waals surface area contributed by atoms with Crippen LogP contribution in [0.2, 0.25) is 0 Å². The molecular formula is C15H12BrNO3. The zero-order chi connectivity index (χ0) is 14.7. The summed E-state index contributed by atoms with van der Waals surface area (Å²) < 4.78 is 0.877. The molecule has 0 bridgehead atoms. The summed E-state index contributed by atoms with van der Waals surface area (Å²) in [5, 5.41) is 11.8. The largest absolute Gasteiger partial charge is 0.478 e. The van der Waals surface area contributed by atoms with E-state index in [9.17, 15) is 9.59 Å².